The van der Waals surface area contributed by atoms with Gasteiger partial charge in [-0.3, -0.25) is 0 Å². The van der Waals surface area contributed by atoms with Gasteiger partial charge in [0.2, 0.25) is 0 Å². The molecule has 6 aromatic carbocycles. The first kappa shape index (κ1) is 36.4. The fourth-order valence-corrected chi connectivity index (χ4v) is 10.6. The summed E-state index contributed by atoms with van der Waals surface area (Å²) >= 11 is 0. The van der Waals surface area contributed by atoms with Gasteiger partial charge in [0.15, 0.2) is 0 Å². The molecule has 2 nitrogen and oxygen atoms in total. The molecule has 0 saturated carbocycles. The molecule has 1 aliphatic heterocycles. The summed E-state index contributed by atoms with van der Waals surface area (Å²) < 4.78 is 0. The summed E-state index contributed by atoms with van der Waals surface area (Å²) in [5.41, 5.74) is 21.5. The standard InChI is InChI=1S/C58H50N2/c1-39-36-57-53(38-52(39)43-28-33-47(34-29-43)59(45-14-6-4-7-15-45)46-16-8-5-9-17-46)51-19-11-13-21-56(51)60(57)48-31-26-41(27-32-48)40-22-24-42(25-23-40)44-30-35-50-49-18-10-12-20-54(49)58(2,3)55(50)37-44/h4-18,20-24,26-35,37-39,42,51H,19,25,36H2,1-3H3. The fraction of sp³-hybridized carbons (Fsp3) is 0.172. The lowest BCUT2D eigenvalue weighted by Crippen LogP contribution is -2.21. The van der Waals surface area contributed by atoms with Crippen molar-refractivity contribution in [2.45, 2.75) is 51.4 Å². The minimum absolute atomic E-state index is 0.0224. The summed E-state index contributed by atoms with van der Waals surface area (Å²) in [7, 11) is 0. The summed E-state index contributed by atoms with van der Waals surface area (Å²) in [6.45, 7) is 7.14. The van der Waals surface area contributed by atoms with Crippen molar-refractivity contribution in [3.05, 3.63) is 239 Å². The largest absolute Gasteiger partial charge is 0.317 e. The summed E-state index contributed by atoms with van der Waals surface area (Å²) in [6.07, 6.45) is 19.7. The summed E-state index contributed by atoms with van der Waals surface area (Å²) in [5, 5.41) is 0. The highest BCUT2D eigenvalue weighted by atomic mass is 15.2. The summed E-state index contributed by atoms with van der Waals surface area (Å²) in [6, 6.07) is 56.0. The van der Waals surface area contributed by atoms with Gasteiger partial charge in [0.05, 0.1) is 0 Å². The van der Waals surface area contributed by atoms with Gasteiger partial charge in [0, 0.05) is 51.4 Å². The fourth-order valence-electron chi connectivity index (χ4n) is 10.6. The second kappa shape index (κ2) is 14.6. The number of allylic oxidation sites excluding steroid dienone is 11. The van der Waals surface area contributed by atoms with Crippen molar-refractivity contribution in [1.82, 2.24) is 0 Å². The van der Waals surface area contributed by atoms with Crippen LogP contribution in [0.25, 0.3) is 22.3 Å². The van der Waals surface area contributed by atoms with Crippen LogP contribution in [0.5, 0.6) is 0 Å². The summed E-state index contributed by atoms with van der Waals surface area (Å²) in [5.74, 6) is 1.15. The third-order valence-electron chi connectivity index (χ3n) is 13.8. The van der Waals surface area contributed by atoms with Crippen LogP contribution in [-0.2, 0) is 5.41 Å². The zero-order valence-electron chi connectivity index (χ0n) is 34.7. The van der Waals surface area contributed by atoms with Gasteiger partial charge in [-0.05, 0) is 135 Å². The van der Waals surface area contributed by atoms with Gasteiger partial charge < -0.3 is 9.80 Å². The normalized spacial score (nSPS) is 20.8. The van der Waals surface area contributed by atoms with Crippen molar-refractivity contribution in [3.8, 4) is 11.1 Å². The number of rotatable bonds is 7. The number of hydrogen-bond acceptors (Lipinski definition) is 2. The maximum Gasteiger partial charge on any atom is 0.0462 e. The highest BCUT2D eigenvalue weighted by Gasteiger charge is 2.40. The molecule has 0 aromatic heterocycles. The quantitative estimate of drug-likeness (QED) is 0.159. The molecular formula is C58H50N2. The van der Waals surface area contributed by atoms with E-state index in [1.165, 1.54) is 72.7 Å². The molecule has 0 N–H and O–H groups in total. The molecule has 3 unspecified atom stereocenters. The van der Waals surface area contributed by atoms with Gasteiger partial charge >= 0.3 is 0 Å². The zero-order chi connectivity index (χ0) is 40.4. The Bertz CT molecular complexity index is 2770. The van der Waals surface area contributed by atoms with Crippen LogP contribution >= 0.6 is 0 Å². The predicted octanol–water partition coefficient (Wildman–Crippen LogP) is 15.2. The maximum absolute atomic E-state index is 2.58. The number of hydrogen-bond donors (Lipinski definition) is 0. The lowest BCUT2D eigenvalue weighted by Gasteiger charge is -2.30. The van der Waals surface area contributed by atoms with E-state index in [2.05, 4.69) is 225 Å². The molecule has 5 aliphatic rings. The highest BCUT2D eigenvalue weighted by molar-refractivity contribution is 5.83. The monoisotopic (exact) mass is 774 g/mol. The van der Waals surface area contributed by atoms with Crippen molar-refractivity contribution in [1.29, 1.82) is 0 Å². The molecular weight excluding hydrogens is 725 g/mol. The maximum atomic E-state index is 2.58. The van der Waals surface area contributed by atoms with E-state index in [4.69, 9.17) is 0 Å². The van der Waals surface area contributed by atoms with Crippen molar-refractivity contribution in [2.75, 3.05) is 9.80 Å². The molecule has 2 heteroatoms. The van der Waals surface area contributed by atoms with Gasteiger partial charge in [-0.25, -0.2) is 0 Å². The van der Waals surface area contributed by atoms with Gasteiger partial charge in [-0.15, -0.1) is 0 Å². The third-order valence-corrected chi connectivity index (χ3v) is 13.8. The molecule has 11 rings (SSSR count). The Morgan fingerprint density at radius 3 is 2.03 bits per heavy atom. The minimum atomic E-state index is 0.0224. The second-order valence-electron chi connectivity index (χ2n) is 17.7. The Labute approximate surface area is 355 Å². The van der Waals surface area contributed by atoms with E-state index in [1.54, 1.807) is 0 Å². The van der Waals surface area contributed by atoms with Gasteiger partial charge in [-0.1, -0.05) is 160 Å². The second-order valence-corrected chi connectivity index (χ2v) is 17.7. The third kappa shape index (κ3) is 6.08. The zero-order valence-corrected chi connectivity index (χ0v) is 34.7. The minimum Gasteiger partial charge on any atom is -0.317 e. The molecule has 0 fully saturated rings. The van der Waals surface area contributed by atoms with E-state index in [9.17, 15) is 0 Å². The number of anilines is 4. The number of para-hydroxylation sites is 2. The lowest BCUT2D eigenvalue weighted by molar-refractivity contribution is 0.658. The van der Waals surface area contributed by atoms with E-state index in [1.807, 2.05) is 0 Å². The van der Waals surface area contributed by atoms with Crippen molar-refractivity contribution in [2.24, 2.45) is 11.8 Å². The Morgan fingerprint density at radius 1 is 0.650 bits per heavy atom. The van der Waals surface area contributed by atoms with Gasteiger partial charge in [-0.2, -0.15) is 0 Å². The van der Waals surface area contributed by atoms with Crippen molar-refractivity contribution in [3.63, 3.8) is 0 Å². The number of fused-ring (bicyclic) bond motifs is 5. The molecule has 1 heterocycles. The van der Waals surface area contributed by atoms with Crippen LogP contribution in [0.4, 0.5) is 22.7 Å². The van der Waals surface area contributed by atoms with Crippen LogP contribution < -0.4 is 9.80 Å². The molecule has 0 saturated heterocycles. The Kier molecular flexibility index (Phi) is 8.85. The number of nitrogens with zero attached hydrogens (tertiary/aromatic N) is 2. The number of benzene rings is 6. The lowest BCUT2D eigenvalue weighted by atomic mass is 9.80. The first-order valence-electron chi connectivity index (χ1n) is 21.8. The van der Waals surface area contributed by atoms with Crippen LogP contribution in [0.3, 0.4) is 0 Å². The molecule has 4 aliphatic carbocycles. The molecule has 3 atom stereocenters. The topological polar surface area (TPSA) is 6.48 Å². The van der Waals surface area contributed by atoms with Crippen molar-refractivity contribution < 1.29 is 0 Å². The molecule has 60 heavy (non-hydrogen) atoms. The molecule has 0 bridgehead atoms. The van der Waals surface area contributed by atoms with E-state index >= 15 is 0 Å². The average Bonchev–Trinajstić information content (AvgIpc) is 3.74. The first-order chi connectivity index (χ1) is 29.4. The van der Waals surface area contributed by atoms with Crippen LogP contribution in [0.2, 0.25) is 0 Å². The van der Waals surface area contributed by atoms with Crippen LogP contribution in [0, 0.1) is 11.8 Å². The first-order valence-corrected chi connectivity index (χ1v) is 21.8. The molecule has 0 radical (unpaired) electrons. The predicted molar refractivity (Wildman–Crippen MR) is 253 cm³/mol. The molecule has 292 valence electrons. The molecule has 6 aromatic rings. The van der Waals surface area contributed by atoms with Crippen LogP contribution in [-0.4, -0.2) is 0 Å². The van der Waals surface area contributed by atoms with Crippen LogP contribution in [0.1, 0.15) is 73.8 Å². The Hall–Kier alpha value is -6.64. The van der Waals surface area contributed by atoms with E-state index in [-0.39, 0.29) is 5.41 Å². The van der Waals surface area contributed by atoms with Gasteiger partial charge in [0.25, 0.3) is 0 Å². The SMILES string of the molecule is CC1CC2=C(C=C1c1ccc(N(c3ccccc3)c3ccccc3)cc1)C1CC=CC=C1N2c1ccc(C2=CCC(c3ccc4c(c3)C(C)(C)c3ccccc3-4)C=C2)cc1. The Morgan fingerprint density at radius 2 is 1.32 bits per heavy atom. The molecule has 0 spiro atoms. The Balaban J connectivity index is 0.842. The van der Waals surface area contributed by atoms with E-state index < -0.39 is 0 Å². The van der Waals surface area contributed by atoms with Crippen LogP contribution in [0.15, 0.2) is 211 Å². The van der Waals surface area contributed by atoms with E-state index in [0.29, 0.717) is 17.8 Å². The van der Waals surface area contributed by atoms with Crippen molar-refractivity contribution >= 4 is 33.9 Å². The summed E-state index contributed by atoms with van der Waals surface area (Å²) in [4.78, 5) is 4.91. The van der Waals surface area contributed by atoms with E-state index in [0.717, 1.165) is 36.3 Å². The highest BCUT2D eigenvalue weighted by Crippen LogP contribution is 2.52. The van der Waals surface area contributed by atoms with Gasteiger partial charge in [0.1, 0.15) is 0 Å². The molecule has 0 amide bonds. The smallest absolute Gasteiger partial charge is 0.0462 e. The average molecular weight is 775 g/mol.